The average Bonchev–Trinajstić information content (AvgIpc) is 2.60. The standard InChI is InChI=1S/C20H28N4O2/c1-5-17-22-16-9-7-6-8-15(16)18(23-17)21-14-10-12-24(13-11-14)19(25)26-20(2,3)4/h6-9,14H,5,10-13H2,1-4H3,(H,21,22,23). The zero-order chi connectivity index (χ0) is 18.7. The summed E-state index contributed by atoms with van der Waals surface area (Å²) < 4.78 is 5.46. The molecular formula is C20H28N4O2. The van der Waals surface area contributed by atoms with E-state index in [1.54, 1.807) is 4.90 Å². The minimum atomic E-state index is -0.456. The van der Waals surface area contributed by atoms with Crippen LogP contribution in [-0.2, 0) is 11.2 Å². The minimum Gasteiger partial charge on any atom is -0.444 e. The van der Waals surface area contributed by atoms with Crippen LogP contribution in [0.4, 0.5) is 10.6 Å². The van der Waals surface area contributed by atoms with Crippen molar-refractivity contribution in [3.8, 4) is 0 Å². The van der Waals surface area contributed by atoms with E-state index in [2.05, 4.69) is 22.2 Å². The van der Waals surface area contributed by atoms with Gasteiger partial charge in [-0.2, -0.15) is 0 Å². The van der Waals surface area contributed by atoms with Gasteiger partial charge in [0.25, 0.3) is 0 Å². The molecule has 1 aliphatic rings. The third kappa shape index (κ3) is 4.42. The molecule has 140 valence electrons. The zero-order valence-electron chi connectivity index (χ0n) is 16.1. The number of nitrogens with one attached hydrogen (secondary N) is 1. The lowest BCUT2D eigenvalue weighted by Crippen LogP contribution is -2.44. The number of aromatic nitrogens is 2. The summed E-state index contributed by atoms with van der Waals surface area (Å²) in [7, 11) is 0. The van der Waals surface area contributed by atoms with Crippen LogP contribution < -0.4 is 5.32 Å². The molecular weight excluding hydrogens is 328 g/mol. The SMILES string of the molecule is CCc1nc(NC2CCN(C(=O)OC(C)(C)C)CC2)c2ccccc2n1. The Morgan fingerprint density at radius 1 is 1.23 bits per heavy atom. The van der Waals surface area contributed by atoms with Crippen molar-refractivity contribution in [2.75, 3.05) is 18.4 Å². The summed E-state index contributed by atoms with van der Waals surface area (Å²) in [6.07, 6.45) is 2.32. The summed E-state index contributed by atoms with van der Waals surface area (Å²) in [5.74, 6) is 1.74. The van der Waals surface area contributed by atoms with Crippen LogP contribution in [0.1, 0.15) is 46.4 Å². The molecule has 2 aromatic rings. The number of carbonyl (C=O) groups excluding carboxylic acids is 1. The Morgan fingerprint density at radius 3 is 2.58 bits per heavy atom. The molecule has 0 spiro atoms. The number of rotatable bonds is 3. The van der Waals surface area contributed by atoms with Gasteiger partial charge < -0.3 is 15.0 Å². The van der Waals surface area contributed by atoms with Gasteiger partial charge in [-0.15, -0.1) is 0 Å². The number of amides is 1. The van der Waals surface area contributed by atoms with Crippen LogP contribution in [0.3, 0.4) is 0 Å². The molecule has 0 radical (unpaired) electrons. The number of ether oxygens (including phenoxy) is 1. The van der Waals surface area contributed by atoms with Gasteiger partial charge in [-0.1, -0.05) is 19.1 Å². The van der Waals surface area contributed by atoms with Crippen molar-refractivity contribution in [2.24, 2.45) is 0 Å². The molecule has 0 saturated carbocycles. The molecule has 1 fully saturated rings. The van der Waals surface area contributed by atoms with Crippen LogP contribution in [-0.4, -0.2) is 45.7 Å². The molecule has 6 heteroatoms. The molecule has 1 aromatic carbocycles. The maximum absolute atomic E-state index is 12.2. The molecule has 0 atom stereocenters. The first-order valence-corrected chi connectivity index (χ1v) is 9.36. The van der Waals surface area contributed by atoms with Gasteiger partial charge in [0.05, 0.1) is 5.52 Å². The lowest BCUT2D eigenvalue weighted by molar-refractivity contribution is 0.0210. The van der Waals surface area contributed by atoms with Gasteiger partial charge in [0, 0.05) is 30.9 Å². The number of nitrogens with zero attached hydrogens (tertiary/aromatic N) is 3. The van der Waals surface area contributed by atoms with Crippen molar-refractivity contribution in [1.82, 2.24) is 14.9 Å². The van der Waals surface area contributed by atoms with Gasteiger partial charge in [-0.25, -0.2) is 14.8 Å². The number of likely N-dealkylation sites (tertiary alicyclic amines) is 1. The molecule has 0 unspecified atom stereocenters. The Morgan fingerprint density at radius 2 is 1.92 bits per heavy atom. The quantitative estimate of drug-likeness (QED) is 0.900. The summed E-state index contributed by atoms with van der Waals surface area (Å²) in [5.41, 5.74) is 0.510. The molecule has 3 rings (SSSR count). The predicted molar refractivity (Wildman–Crippen MR) is 103 cm³/mol. The van der Waals surface area contributed by atoms with Gasteiger partial charge in [0.1, 0.15) is 17.2 Å². The number of hydrogen-bond donors (Lipinski definition) is 1. The van der Waals surface area contributed by atoms with E-state index in [4.69, 9.17) is 4.74 Å². The van der Waals surface area contributed by atoms with E-state index in [1.807, 2.05) is 45.0 Å². The number of carbonyl (C=O) groups is 1. The number of piperidine rings is 1. The van der Waals surface area contributed by atoms with E-state index < -0.39 is 5.60 Å². The number of aryl methyl sites for hydroxylation is 1. The molecule has 1 aliphatic heterocycles. The smallest absolute Gasteiger partial charge is 0.410 e. The summed E-state index contributed by atoms with van der Waals surface area (Å²) >= 11 is 0. The number of fused-ring (bicyclic) bond motifs is 1. The predicted octanol–water partition coefficient (Wildman–Crippen LogP) is 4.00. The third-order valence-electron chi connectivity index (χ3n) is 4.45. The van der Waals surface area contributed by atoms with Crippen LogP contribution in [0.5, 0.6) is 0 Å². The van der Waals surface area contributed by atoms with Gasteiger partial charge in [-0.3, -0.25) is 0 Å². The van der Waals surface area contributed by atoms with Crippen LogP contribution >= 0.6 is 0 Å². The highest BCUT2D eigenvalue weighted by molar-refractivity contribution is 5.89. The largest absolute Gasteiger partial charge is 0.444 e. The maximum atomic E-state index is 12.2. The zero-order valence-corrected chi connectivity index (χ0v) is 16.1. The molecule has 26 heavy (non-hydrogen) atoms. The monoisotopic (exact) mass is 356 g/mol. The van der Waals surface area contributed by atoms with Gasteiger partial charge in [0.2, 0.25) is 0 Å². The lowest BCUT2D eigenvalue weighted by atomic mass is 10.0. The summed E-state index contributed by atoms with van der Waals surface area (Å²) in [5, 5.41) is 4.62. The van der Waals surface area contributed by atoms with Crippen molar-refractivity contribution in [1.29, 1.82) is 0 Å². The fraction of sp³-hybridized carbons (Fsp3) is 0.550. The summed E-state index contributed by atoms with van der Waals surface area (Å²) in [4.78, 5) is 23.3. The normalized spacial score (nSPS) is 15.9. The second kappa shape index (κ2) is 7.48. The Hall–Kier alpha value is -2.37. The van der Waals surface area contributed by atoms with Crippen molar-refractivity contribution in [3.05, 3.63) is 30.1 Å². The fourth-order valence-corrected chi connectivity index (χ4v) is 3.12. The van der Waals surface area contributed by atoms with Gasteiger partial charge in [-0.05, 0) is 45.7 Å². The van der Waals surface area contributed by atoms with E-state index in [9.17, 15) is 4.79 Å². The highest BCUT2D eigenvalue weighted by Crippen LogP contribution is 2.24. The molecule has 6 nitrogen and oxygen atoms in total. The van der Waals surface area contributed by atoms with E-state index >= 15 is 0 Å². The van der Waals surface area contributed by atoms with E-state index in [-0.39, 0.29) is 12.1 Å². The van der Waals surface area contributed by atoms with E-state index in [0.29, 0.717) is 13.1 Å². The molecule has 0 bridgehead atoms. The molecule has 1 aromatic heterocycles. The number of para-hydroxylation sites is 1. The number of anilines is 1. The second-order valence-corrected chi connectivity index (χ2v) is 7.75. The number of benzene rings is 1. The second-order valence-electron chi connectivity index (χ2n) is 7.75. The Bertz CT molecular complexity index is 777. The third-order valence-corrected chi connectivity index (χ3v) is 4.45. The van der Waals surface area contributed by atoms with Gasteiger partial charge in [0.15, 0.2) is 0 Å². The van der Waals surface area contributed by atoms with Crippen LogP contribution in [0.15, 0.2) is 24.3 Å². The van der Waals surface area contributed by atoms with Gasteiger partial charge >= 0.3 is 6.09 Å². The summed E-state index contributed by atoms with van der Waals surface area (Å²) in [6.45, 7) is 9.12. The first-order chi connectivity index (χ1) is 12.4. The molecule has 1 amide bonds. The number of hydrogen-bond acceptors (Lipinski definition) is 5. The molecule has 0 aliphatic carbocycles. The summed E-state index contributed by atoms with van der Waals surface area (Å²) in [6, 6.07) is 8.36. The molecule has 2 heterocycles. The highest BCUT2D eigenvalue weighted by atomic mass is 16.6. The topological polar surface area (TPSA) is 67.4 Å². The minimum absolute atomic E-state index is 0.225. The fourth-order valence-electron chi connectivity index (χ4n) is 3.12. The van der Waals surface area contributed by atoms with Crippen LogP contribution in [0.25, 0.3) is 10.9 Å². The highest BCUT2D eigenvalue weighted by Gasteiger charge is 2.27. The van der Waals surface area contributed by atoms with Crippen molar-refractivity contribution < 1.29 is 9.53 Å². The van der Waals surface area contributed by atoms with Crippen molar-refractivity contribution in [3.63, 3.8) is 0 Å². The first kappa shape index (κ1) is 18.4. The average molecular weight is 356 g/mol. The Labute approximate surface area is 155 Å². The molecule has 1 saturated heterocycles. The Balaban J connectivity index is 1.67. The lowest BCUT2D eigenvalue weighted by Gasteiger charge is -2.34. The van der Waals surface area contributed by atoms with Crippen LogP contribution in [0, 0.1) is 0 Å². The van der Waals surface area contributed by atoms with E-state index in [1.165, 1.54) is 0 Å². The molecule has 1 N–H and O–H groups in total. The van der Waals surface area contributed by atoms with Crippen LogP contribution in [0.2, 0.25) is 0 Å². The maximum Gasteiger partial charge on any atom is 0.410 e. The van der Waals surface area contributed by atoms with Crippen molar-refractivity contribution >= 4 is 22.8 Å². The first-order valence-electron chi connectivity index (χ1n) is 9.36. The van der Waals surface area contributed by atoms with E-state index in [0.717, 1.165) is 41.8 Å². The Kier molecular flexibility index (Phi) is 5.30. The van der Waals surface area contributed by atoms with Crippen molar-refractivity contribution in [2.45, 2.75) is 58.6 Å².